The van der Waals surface area contributed by atoms with Crippen LogP contribution in [-0.2, 0) is 4.79 Å². The maximum atomic E-state index is 12.2. The summed E-state index contributed by atoms with van der Waals surface area (Å²) in [4.78, 5) is 23.5. The van der Waals surface area contributed by atoms with Crippen LogP contribution in [0.15, 0.2) is 48.5 Å². The van der Waals surface area contributed by atoms with Crippen LogP contribution in [0.3, 0.4) is 0 Å². The van der Waals surface area contributed by atoms with Gasteiger partial charge in [-0.15, -0.1) is 0 Å². The topological polar surface area (TPSA) is 70.2 Å². The smallest absolute Gasteiger partial charge is 0.258 e. The van der Waals surface area contributed by atoms with E-state index in [-0.39, 0.29) is 16.9 Å². The average molecular weight is 453 g/mol. The second kappa shape index (κ2) is 8.74. The van der Waals surface area contributed by atoms with Crippen molar-refractivity contribution in [1.82, 2.24) is 5.32 Å². The molecule has 0 radical (unpaired) electrons. The van der Waals surface area contributed by atoms with Gasteiger partial charge in [0.2, 0.25) is 5.91 Å². The largest absolute Gasteiger partial charge is 0.332 e. The number of amides is 2. The zero-order valence-corrected chi connectivity index (χ0v) is 15.9. The summed E-state index contributed by atoms with van der Waals surface area (Å²) in [6.45, 7) is 1.79. The molecule has 0 aliphatic heterocycles. The number of thiocarbonyl (C=S) groups is 1. The van der Waals surface area contributed by atoms with Crippen molar-refractivity contribution in [2.45, 2.75) is 13.3 Å². The highest BCUT2D eigenvalue weighted by Crippen LogP contribution is 2.14. The van der Waals surface area contributed by atoms with Gasteiger partial charge in [-0.25, -0.2) is 0 Å². The van der Waals surface area contributed by atoms with Gasteiger partial charge in [0.25, 0.3) is 5.91 Å². The average Bonchev–Trinajstić information content (AvgIpc) is 2.56. The van der Waals surface area contributed by atoms with E-state index < -0.39 is 0 Å². The van der Waals surface area contributed by atoms with Gasteiger partial charge in [0.1, 0.15) is 0 Å². The van der Waals surface area contributed by atoms with Gasteiger partial charge in [-0.3, -0.25) is 14.9 Å². The molecule has 2 amide bonds. The van der Waals surface area contributed by atoms with Gasteiger partial charge in [-0.05, 0) is 71.2 Å². The molecular weight excluding hydrogens is 437 g/mol. The highest BCUT2D eigenvalue weighted by molar-refractivity contribution is 14.1. The molecule has 2 aromatic carbocycles. The minimum atomic E-state index is -0.260. The van der Waals surface area contributed by atoms with Crippen molar-refractivity contribution in [1.29, 1.82) is 0 Å². The molecule has 2 rings (SSSR count). The van der Waals surface area contributed by atoms with Crippen LogP contribution in [0.5, 0.6) is 0 Å². The molecule has 2 aromatic rings. The maximum absolute atomic E-state index is 12.2. The molecule has 5 nitrogen and oxygen atoms in total. The number of anilines is 2. The Bertz CT molecular complexity index is 763. The van der Waals surface area contributed by atoms with Crippen LogP contribution in [0.2, 0.25) is 0 Å². The molecule has 3 N–H and O–H groups in total. The van der Waals surface area contributed by atoms with E-state index in [4.69, 9.17) is 12.2 Å². The Balaban J connectivity index is 1.94. The van der Waals surface area contributed by atoms with Gasteiger partial charge < -0.3 is 10.6 Å². The van der Waals surface area contributed by atoms with Crippen LogP contribution >= 0.6 is 34.8 Å². The molecule has 0 saturated carbocycles. The van der Waals surface area contributed by atoms with Crippen LogP contribution in [0, 0.1) is 3.57 Å². The summed E-state index contributed by atoms with van der Waals surface area (Å²) in [5, 5.41) is 8.56. The number of hydrogen-bond donors (Lipinski definition) is 3. The first kappa shape index (κ1) is 18.3. The molecule has 0 atom stereocenters. The molecule has 0 saturated heterocycles. The molecule has 0 bridgehead atoms. The summed E-state index contributed by atoms with van der Waals surface area (Å²) >= 11 is 7.26. The molecule has 7 heteroatoms. The molecular formula is C17H16IN3O2S. The Hall–Kier alpha value is -2.00. The molecule has 0 unspecified atom stereocenters. The number of hydrogen-bond acceptors (Lipinski definition) is 3. The van der Waals surface area contributed by atoms with Crippen molar-refractivity contribution in [3.8, 4) is 0 Å². The Morgan fingerprint density at radius 1 is 1.00 bits per heavy atom. The Labute approximate surface area is 159 Å². The zero-order chi connectivity index (χ0) is 17.5. The van der Waals surface area contributed by atoms with Crippen LogP contribution in [0.4, 0.5) is 11.4 Å². The predicted molar refractivity (Wildman–Crippen MR) is 108 cm³/mol. The maximum Gasteiger partial charge on any atom is 0.258 e. The van der Waals surface area contributed by atoms with E-state index >= 15 is 0 Å². The van der Waals surface area contributed by atoms with E-state index in [2.05, 4.69) is 38.5 Å². The SMILES string of the molecule is CCC(=O)Nc1ccc(NC(=S)NC(=O)c2ccccc2I)cc1. The minimum absolute atomic E-state index is 0.0454. The Morgan fingerprint density at radius 2 is 1.58 bits per heavy atom. The van der Waals surface area contributed by atoms with Gasteiger partial charge in [0.15, 0.2) is 5.11 Å². The fourth-order valence-corrected chi connectivity index (χ4v) is 2.71. The normalized spacial score (nSPS) is 9.92. The number of nitrogens with one attached hydrogen (secondary N) is 3. The number of rotatable bonds is 4. The van der Waals surface area contributed by atoms with E-state index in [1.165, 1.54) is 0 Å². The second-order valence-corrected chi connectivity index (χ2v) is 6.44. The van der Waals surface area contributed by atoms with Crippen molar-refractivity contribution in [2.24, 2.45) is 0 Å². The second-order valence-electron chi connectivity index (χ2n) is 4.87. The van der Waals surface area contributed by atoms with Crippen molar-refractivity contribution in [2.75, 3.05) is 10.6 Å². The summed E-state index contributed by atoms with van der Waals surface area (Å²) in [7, 11) is 0. The third-order valence-electron chi connectivity index (χ3n) is 3.09. The molecule has 24 heavy (non-hydrogen) atoms. The Morgan fingerprint density at radius 3 is 2.17 bits per heavy atom. The zero-order valence-electron chi connectivity index (χ0n) is 12.9. The van der Waals surface area contributed by atoms with Gasteiger partial charge in [-0.2, -0.15) is 0 Å². The Kier molecular flexibility index (Phi) is 6.68. The lowest BCUT2D eigenvalue weighted by Crippen LogP contribution is -2.34. The van der Waals surface area contributed by atoms with E-state index in [9.17, 15) is 9.59 Å². The van der Waals surface area contributed by atoms with Gasteiger partial charge in [0.05, 0.1) is 5.56 Å². The summed E-state index contributed by atoms with van der Waals surface area (Å²) in [6, 6.07) is 14.3. The summed E-state index contributed by atoms with van der Waals surface area (Å²) < 4.78 is 0.853. The predicted octanol–water partition coefficient (Wildman–Crippen LogP) is 3.77. The lowest BCUT2D eigenvalue weighted by atomic mass is 10.2. The summed E-state index contributed by atoms with van der Waals surface area (Å²) in [6.07, 6.45) is 0.425. The lowest BCUT2D eigenvalue weighted by molar-refractivity contribution is -0.115. The number of carbonyl (C=O) groups is 2. The van der Waals surface area contributed by atoms with E-state index in [0.717, 1.165) is 9.26 Å². The standard InChI is InChI=1S/C17H16IN3O2S/c1-2-15(22)19-11-7-9-12(10-8-11)20-17(24)21-16(23)13-5-3-4-6-14(13)18/h3-10H,2H2,1H3,(H,19,22)(H2,20,21,23,24). The summed E-state index contributed by atoms with van der Waals surface area (Å²) in [5.74, 6) is -0.305. The molecule has 0 aromatic heterocycles. The first-order valence-corrected chi connectivity index (χ1v) is 8.75. The van der Waals surface area contributed by atoms with E-state index in [0.29, 0.717) is 17.7 Å². The fourth-order valence-electron chi connectivity index (χ4n) is 1.86. The number of carbonyl (C=O) groups excluding carboxylic acids is 2. The number of halogens is 1. The van der Waals surface area contributed by atoms with Crippen LogP contribution < -0.4 is 16.0 Å². The highest BCUT2D eigenvalue weighted by Gasteiger charge is 2.10. The van der Waals surface area contributed by atoms with Gasteiger partial charge in [-0.1, -0.05) is 19.1 Å². The van der Waals surface area contributed by atoms with Crippen molar-refractivity contribution < 1.29 is 9.59 Å². The number of benzene rings is 2. The monoisotopic (exact) mass is 453 g/mol. The van der Waals surface area contributed by atoms with Crippen molar-refractivity contribution in [3.05, 3.63) is 57.7 Å². The van der Waals surface area contributed by atoms with Crippen LogP contribution in [0.25, 0.3) is 0 Å². The van der Waals surface area contributed by atoms with Gasteiger partial charge in [0, 0.05) is 21.4 Å². The fraction of sp³-hybridized carbons (Fsp3) is 0.118. The van der Waals surface area contributed by atoms with Gasteiger partial charge >= 0.3 is 0 Å². The van der Waals surface area contributed by atoms with E-state index in [1.807, 2.05) is 12.1 Å². The summed E-state index contributed by atoms with van der Waals surface area (Å²) in [5.41, 5.74) is 2.00. The quantitative estimate of drug-likeness (QED) is 0.487. The van der Waals surface area contributed by atoms with Crippen molar-refractivity contribution in [3.63, 3.8) is 0 Å². The first-order valence-electron chi connectivity index (χ1n) is 7.26. The molecule has 0 spiro atoms. The highest BCUT2D eigenvalue weighted by atomic mass is 127. The van der Waals surface area contributed by atoms with Crippen LogP contribution in [-0.4, -0.2) is 16.9 Å². The van der Waals surface area contributed by atoms with Crippen LogP contribution in [0.1, 0.15) is 23.7 Å². The molecule has 0 aliphatic carbocycles. The lowest BCUT2D eigenvalue weighted by Gasteiger charge is -2.11. The first-order chi connectivity index (χ1) is 11.5. The minimum Gasteiger partial charge on any atom is -0.332 e. The van der Waals surface area contributed by atoms with E-state index in [1.54, 1.807) is 43.3 Å². The third kappa shape index (κ3) is 5.27. The molecule has 0 heterocycles. The third-order valence-corrected chi connectivity index (χ3v) is 4.24. The molecule has 124 valence electrons. The molecule has 0 aliphatic rings. The molecule has 0 fully saturated rings. The van der Waals surface area contributed by atoms with Crippen molar-refractivity contribution >= 4 is 63.1 Å².